The van der Waals surface area contributed by atoms with Gasteiger partial charge in [-0.3, -0.25) is 0 Å². The van der Waals surface area contributed by atoms with E-state index >= 15 is 0 Å². The Morgan fingerprint density at radius 1 is 1.22 bits per heavy atom. The first-order valence-electron chi connectivity index (χ1n) is 6.00. The lowest BCUT2D eigenvalue weighted by Crippen LogP contribution is -1.91. The van der Waals surface area contributed by atoms with E-state index in [-0.39, 0.29) is 0 Å². The van der Waals surface area contributed by atoms with Crippen molar-refractivity contribution in [3.05, 3.63) is 65.6 Å². The van der Waals surface area contributed by atoms with E-state index in [1.165, 1.54) is 11.1 Å². The summed E-state index contributed by atoms with van der Waals surface area (Å²) in [7, 11) is 0. The van der Waals surface area contributed by atoms with E-state index in [9.17, 15) is 0 Å². The van der Waals surface area contributed by atoms with E-state index in [0.717, 1.165) is 23.4 Å². The maximum absolute atomic E-state index is 5.76. The molecule has 1 aromatic carbocycles. The molecule has 3 nitrogen and oxygen atoms in total. The second kappa shape index (κ2) is 4.18. The van der Waals surface area contributed by atoms with Crippen LogP contribution in [0.5, 0.6) is 0 Å². The summed E-state index contributed by atoms with van der Waals surface area (Å²) in [6.45, 7) is 2.13. The molecule has 0 aliphatic heterocycles. The van der Waals surface area contributed by atoms with Crippen molar-refractivity contribution in [1.29, 1.82) is 0 Å². The number of aromatic nitrogens is 2. The number of imidazole rings is 1. The van der Waals surface area contributed by atoms with Crippen LogP contribution in [0.2, 0.25) is 0 Å². The van der Waals surface area contributed by atoms with Crippen LogP contribution in [0.1, 0.15) is 16.8 Å². The predicted molar refractivity (Wildman–Crippen MR) is 73.6 cm³/mol. The highest BCUT2D eigenvalue weighted by atomic mass is 15.0. The molecule has 3 heteroatoms. The summed E-state index contributed by atoms with van der Waals surface area (Å²) in [6, 6.07) is 12.2. The minimum Gasteiger partial charge on any atom is -0.399 e. The molecular formula is C15H15N3. The highest BCUT2D eigenvalue weighted by Gasteiger charge is 2.04. The van der Waals surface area contributed by atoms with Crippen molar-refractivity contribution in [3.63, 3.8) is 0 Å². The van der Waals surface area contributed by atoms with Gasteiger partial charge in [-0.2, -0.15) is 0 Å². The molecule has 3 rings (SSSR count). The van der Waals surface area contributed by atoms with Crippen molar-refractivity contribution in [2.24, 2.45) is 0 Å². The van der Waals surface area contributed by atoms with Gasteiger partial charge in [0.05, 0.1) is 5.69 Å². The number of benzene rings is 1. The molecule has 0 bridgehead atoms. The van der Waals surface area contributed by atoms with Crippen LogP contribution < -0.4 is 5.73 Å². The fourth-order valence-corrected chi connectivity index (χ4v) is 2.14. The molecule has 0 aliphatic rings. The van der Waals surface area contributed by atoms with Crippen LogP contribution in [0, 0.1) is 6.92 Å². The monoisotopic (exact) mass is 237 g/mol. The van der Waals surface area contributed by atoms with E-state index in [0.29, 0.717) is 0 Å². The minimum atomic E-state index is 0.746. The molecular weight excluding hydrogens is 222 g/mol. The average Bonchev–Trinajstić information content (AvgIpc) is 2.73. The fraction of sp³-hybridized carbons (Fsp3) is 0.133. The molecule has 0 fully saturated rings. The molecule has 0 aliphatic carbocycles. The van der Waals surface area contributed by atoms with Crippen molar-refractivity contribution in [2.45, 2.75) is 13.3 Å². The molecule has 0 radical (unpaired) electrons. The quantitative estimate of drug-likeness (QED) is 0.744. The van der Waals surface area contributed by atoms with Gasteiger partial charge in [-0.1, -0.05) is 24.3 Å². The summed E-state index contributed by atoms with van der Waals surface area (Å²) in [5.41, 5.74) is 11.1. The van der Waals surface area contributed by atoms with E-state index in [2.05, 4.69) is 42.4 Å². The number of hydrogen-bond donors (Lipinski definition) is 1. The molecule has 0 saturated heterocycles. The Morgan fingerprint density at radius 2 is 2.06 bits per heavy atom. The van der Waals surface area contributed by atoms with Gasteiger partial charge in [-0.15, -0.1) is 0 Å². The highest BCUT2D eigenvalue weighted by molar-refractivity contribution is 5.52. The Kier molecular flexibility index (Phi) is 2.52. The number of fused-ring (bicyclic) bond motifs is 1. The molecule has 2 heterocycles. The van der Waals surface area contributed by atoms with Crippen LogP contribution in [0.3, 0.4) is 0 Å². The van der Waals surface area contributed by atoms with Gasteiger partial charge in [-0.25, -0.2) is 4.98 Å². The normalized spacial score (nSPS) is 10.9. The first kappa shape index (κ1) is 10.8. The van der Waals surface area contributed by atoms with Crippen LogP contribution in [0.25, 0.3) is 5.65 Å². The summed E-state index contributed by atoms with van der Waals surface area (Å²) < 4.78 is 2.00. The Hall–Kier alpha value is -2.29. The lowest BCUT2D eigenvalue weighted by atomic mass is 10.0. The van der Waals surface area contributed by atoms with Crippen molar-refractivity contribution in [3.8, 4) is 0 Å². The Bertz CT molecular complexity index is 698. The molecule has 2 aromatic heterocycles. The standard InChI is InChI=1S/C15H15N3/c1-11-4-2-3-5-12(11)8-14-10-18-7-6-13(16)9-15(18)17-14/h2-7,9-10H,8,16H2,1H3. The van der Waals surface area contributed by atoms with Gasteiger partial charge in [0.1, 0.15) is 5.65 Å². The summed E-state index contributed by atoms with van der Waals surface area (Å²) >= 11 is 0. The highest BCUT2D eigenvalue weighted by Crippen LogP contribution is 2.15. The molecule has 90 valence electrons. The van der Waals surface area contributed by atoms with Gasteiger partial charge in [0, 0.05) is 30.6 Å². The third-order valence-electron chi connectivity index (χ3n) is 3.17. The van der Waals surface area contributed by atoms with Gasteiger partial charge in [0.25, 0.3) is 0 Å². The lowest BCUT2D eigenvalue weighted by Gasteiger charge is -2.01. The van der Waals surface area contributed by atoms with Crippen molar-refractivity contribution in [2.75, 3.05) is 5.73 Å². The molecule has 0 amide bonds. The van der Waals surface area contributed by atoms with E-state index in [4.69, 9.17) is 5.73 Å². The average molecular weight is 237 g/mol. The van der Waals surface area contributed by atoms with Crippen LogP contribution >= 0.6 is 0 Å². The molecule has 0 spiro atoms. The zero-order valence-electron chi connectivity index (χ0n) is 10.3. The zero-order valence-corrected chi connectivity index (χ0v) is 10.3. The largest absolute Gasteiger partial charge is 0.399 e. The van der Waals surface area contributed by atoms with Gasteiger partial charge in [0.15, 0.2) is 0 Å². The minimum absolute atomic E-state index is 0.746. The van der Waals surface area contributed by atoms with E-state index < -0.39 is 0 Å². The number of pyridine rings is 1. The maximum Gasteiger partial charge on any atom is 0.139 e. The number of nitrogens with zero attached hydrogens (tertiary/aromatic N) is 2. The summed E-state index contributed by atoms with van der Waals surface area (Å²) in [4.78, 5) is 4.59. The van der Waals surface area contributed by atoms with E-state index in [1.807, 2.05) is 22.7 Å². The molecule has 18 heavy (non-hydrogen) atoms. The molecule has 3 aromatic rings. The van der Waals surface area contributed by atoms with Gasteiger partial charge >= 0.3 is 0 Å². The molecule has 2 N–H and O–H groups in total. The van der Waals surface area contributed by atoms with Crippen LogP contribution in [-0.2, 0) is 6.42 Å². The fourth-order valence-electron chi connectivity index (χ4n) is 2.14. The number of aryl methyl sites for hydroxylation is 1. The Labute approximate surface area is 106 Å². The summed E-state index contributed by atoms with van der Waals surface area (Å²) in [5.74, 6) is 0. The summed E-state index contributed by atoms with van der Waals surface area (Å²) in [6.07, 6.45) is 4.86. The number of anilines is 1. The van der Waals surface area contributed by atoms with Gasteiger partial charge in [-0.05, 0) is 24.1 Å². The Balaban J connectivity index is 1.98. The number of hydrogen-bond acceptors (Lipinski definition) is 2. The maximum atomic E-state index is 5.76. The zero-order chi connectivity index (χ0) is 12.5. The van der Waals surface area contributed by atoms with Crippen LogP contribution in [0.15, 0.2) is 48.8 Å². The van der Waals surface area contributed by atoms with Crippen LogP contribution in [0.4, 0.5) is 5.69 Å². The smallest absolute Gasteiger partial charge is 0.139 e. The third kappa shape index (κ3) is 1.95. The topological polar surface area (TPSA) is 43.3 Å². The van der Waals surface area contributed by atoms with Crippen LogP contribution in [-0.4, -0.2) is 9.38 Å². The lowest BCUT2D eigenvalue weighted by molar-refractivity contribution is 1.09. The Morgan fingerprint density at radius 3 is 2.89 bits per heavy atom. The second-order valence-corrected chi connectivity index (χ2v) is 4.56. The third-order valence-corrected chi connectivity index (χ3v) is 3.17. The van der Waals surface area contributed by atoms with Crippen molar-refractivity contribution in [1.82, 2.24) is 9.38 Å². The van der Waals surface area contributed by atoms with Gasteiger partial charge in [0.2, 0.25) is 0 Å². The SMILES string of the molecule is Cc1ccccc1Cc1cn2ccc(N)cc2n1. The first-order valence-corrected chi connectivity index (χ1v) is 6.00. The number of nitrogens with two attached hydrogens (primary N) is 1. The number of rotatable bonds is 2. The molecule has 0 saturated carbocycles. The van der Waals surface area contributed by atoms with E-state index in [1.54, 1.807) is 0 Å². The molecule has 0 unspecified atom stereocenters. The van der Waals surface area contributed by atoms with Crippen molar-refractivity contribution >= 4 is 11.3 Å². The predicted octanol–water partition coefficient (Wildman–Crippen LogP) is 2.82. The number of nitrogen functional groups attached to an aromatic ring is 1. The first-order chi connectivity index (χ1) is 8.72. The summed E-state index contributed by atoms with van der Waals surface area (Å²) in [5, 5.41) is 0. The molecule has 0 atom stereocenters. The van der Waals surface area contributed by atoms with Crippen molar-refractivity contribution < 1.29 is 0 Å². The second-order valence-electron chi connectivity index (χ2n) is 4.56. The van der Waals surface area contributed by atoms with Gasteiger partial charge < -0.3 is 10.1 Å².